The van der Waals surface area contributed by atoms with Crippen molar-refractivity contribution in [2.24, 2.45) is 4.99 Å². The summed E-state index contributed by atoms with van der Waals surface area (Å²) in [5.74, 6) is 0.719. The lowest BCUT2D eigenvalue weighted by Gasteiger charge is -2.43. The molecule has 168 valence electrons. The summed E-state index contributed by atoms with van der Waals surface area (Å²) in [5.41, 5.74) is 1.55. The van der Waals surface area contributed by atoms with Crippen LogP contribution >= 0.6 is 24.0 Å². The van der Waals surface area contributed by atoms with Crippen molar-refractivity contribution in [2.45, 2.75) is 24.7 Å². The highest BCUT2D eigenvalue weighted by atomic mass is 127. The van der Waals surface area contributed by atoms with Crippen LogP contribution in [-0.2, 0) is 14.9 Å². The lowest BCUT2D eigenvalue weighted by molar-refractivity contribution is -0.127. The van der Waals surface area contributed by atoms with E-state index in [9.17, 15) is 4.79 Å². The van der Waals surface area contributed by atoms with Gasteiger partial charge in [-0.3, -0.25) is 9.69 Å². The third-order valence-electron chi connectivity index (χ3n) is 5.99. The number of morpholine rings is 1. The van der Waals surface area contributed by atoms with Crippen LogP contribution in [0.4, 0.5) is 0 Å². The summed E-state index contributed by atoms with van der Waals surface area (Å²) in [6.07, 6.45) is 3.62. The van der Waals surface area contributed by atoms with Crippen molar-refractivity contribution < 1.29 is 9.53 Å². The lowest BCUT2D eigenvalue weighted by Crippen LogP contribution is -2.50. The maximum atomic E-state index is 12.0. The normalized spacial score (nSPS) is 18.7. The van der Waals surface area contributed by atoms with Gasteiger partial charge in [-0.25, -0.2) is 4.99 Å². The summed E-state index contributed by atoms with van der Waals surface area (Å²) in [4.78, 5) is 20.5. The van der Waals surface area contributed by atoms with Crippen LogP contribution in [0.3, 0.4) is 0 Å². The minimum atomic E-state index is 0. The summed E-state index contributed by atoms with van der Waals surface area (Å²) < 4.78 is 5.41. The average Bonchev–Trinajstić information content (AvgIpc) is 2.72. The van der Waals surface area contributed by atoms with E-state index in [0.717, 1.165) is 51.9 Å². The van der Waals surface area contributed by atoms with Gasteiger partial charge in [0, 0.05) is 52.2 Å². The second-order valence-electron chi connectivity index (χ2n) is 8.19. The molecule has 1 aromatic rings. The maximum Gasteiger partial charge on any atom is 0.243 e. The highest BCUT2D eigenvalue weighted by Gasteiger charge is 2.38. The number of carbonyl (C=O) groups is 1. The number of rotatable bonds is 8. The molecule has 1 saturated heterocycles. The maximum absolute atomic E-state index is 12.0. The molecule has 1 aliphatic heterocycles. The fourth-order valence-electron chi connectivity index (χ4n) is 3.84. The molecule has 0 bridgehead atoms. The van der Waals surface area contributed by atoms with E-state index in [0.29, 0.717) is 0 Å². The molecular formula is C22H36IN5O2. The van der Waals surface area contributed by atoms with Crippen LogP contribution in [-0.4, -0.2) is 88.2 Å². The SMILES string of the molecule is CN(C)C(=O)CN=C(NCCN1CCOCC1)NCC1(c2ccccc2)CCC1.I. The zero-order valence-corrected chi connectivity index (χ0v) is 20.6. The van der Waals surface area contributed by atoms with Gasteiger partial charge in [0.05, 0.1) is 13.2 Å². The molecule has 1 aromatic carbocycles. The van der Waals surface area contributed by atoms with Crippen molar-refractivity contribution in [3.63, 3.8) is 0 Å². The van der Waals surface area contributed by atoms with Crippen LogP contribution in [0.5, 0.6) is 0 Å². The molecule has 2 aliphatic rings. The Bertz CT molecular complexity index is 673. The van der Waals surface area contributed by atoms with E-state index in [-0.39, 0.29) is 41.8 Å². The molecule has 8 heteroatoms. The van der Waals surface area contributed by atoms with E-state index in [4.69, 9.17) is 4.74 Å². The van der Waals surface area contributed by atoms with Crippen LogP contribution < -0.4 is 10.6 Å². The third kappa shape index (κ3) is 7.09. The Morgan fingerprint density at radius 2 is 1.87 bits per heavy atom. The smallest absolute Gasteiger partial charge is 0.243 e. The highest BCUT2D eigenvalue weighted by Crippen LogP contribution is 2.43. The largest absolute Gasteiger partial charge is 0.379 e. The molecule has 1 saturated carbocycles. The van der Waals surface area contributed by atoms with E-state index in [2.05, 4.69) is 50.9 Å². The molecule has 3 rings (SSSR count). The molecule has 1 aliphatic carbocycles. The number of ether oxygens (including phenoxy) is 1. The van der Waals surface area contributed by atoms with Gasteiger partial charge >= 0.3 is 0 Å². The third-order valence-corrected chi connectivity index (χ3v) is 5.99. The van der Waals surface area contributed by atoms with E-state index >= 15 is 0 Å². The number of likely N-dealkylation sites (N-methyl/N-ethyl adjacent to an activating group) is 1. The van der Waals surface area contributed by atoms with E-state index in [1.54, 1.807) is 19.0 Å². The molecular weight excluding hydrogens is 493 g/mol. The second-order valence-corrected chi connectivity index (χ2v) is 8.19. The van der Waals surface area contributed by atoms with Gasteiger partial charge in [0.2, 0.25) is 5.91 Å². The molecule has 1 heterocycles. The lowest BCUT2D eigenvalue weighted by atomic mass is 9.64. The minimum Gasteiger partial charge on any atom is -0.379 e. The molecule has 1 amide bonds. The molecule has 2 N–H and O–H groups in total. The minimum absolute atomic E-state index is 0. The number of amides is 1. The Morgan fingerprint density at radius 1 is 1.17 bits per heavy atom. The van der Waals surface area contributed by atoms with Crippen LogP contribution in [0.25, 0.3) is 0 Å². The number of carbonyl (C=O) groups excluding carboxylic acids is 1. The van der Waals surface area contributed by atoms with Gasteiger partial charge in [-0.05, 0) is 18.4 Å². The van der Waals surface area contributed by atoms with Crippen molar-refractivity contribution >= 4 is 35.8 Å². The first-order chi connectivity index (χ1) is 14.1. The summed E-state index contributed by atoms with van der Waals surface area (Å²) in [5, 5.41) is 6.94. The number of nitrogens with one attached hydrogen (secondary N) is 2. The fraction of sp³-hybridized carbons (Fsp3) is 0.636. The zero-order chi connectivity index (χ0) is 20.5. The van der Waals surface area contributed by atoms with Crippen molar-refractivity contribution in [2.75, 3.05) is 66.6 Å². The van der Waals surface area contributed by atoms with Gasteiger partial charge in [-0.2, -0.15) is 0 Å². The summed E-state index contributed by atoms with van der Waals surface area (Å²) in [6, 6.07) is 10.7. The molecule has 0 atom stereocenters. The van der Waals surface area contributed by atoms with Crippen LogP contribution in [0.2, 0.25) is 0 Å². The number of aliphatic imine (C=N–C) groups is 1. The fourth-order valence-corrected chi connectivity index (χ4v) is 3.84. The standard InChI is InChI=1S/C22H35N5O2.HI/c1-26(2)20(28)17-24-21(23-11-12-27-13-15-29-16-14-27)25-18-22(9-6-10-22)19-7-4-3-5-8-19;/h3-5,7-8H,6,9-18H2,1-2H3,(H2,23,24,25);1H. The van der Waals surface area contributed by atoms with Crippen LogP contribution in [0.1, 0.15) is 24.8 Å². The van der Waals surface area contributed by atoms with Crippen LogP contribution in [0.15, 0.2) is 35.3 Å². The van der Waals surface area contributed by atoms with Crippen molar-refractivity contribution in [3.05, 3.63) is 35.9 Å². The van der Waals surface area contributed by atoms with Crippen molar-refractivity contribution in [1.29, 1.82) is 0 Å². The van der Waals surface area contributed by atoms with Gasteiger partial charge in [-0.15, -0.1) is 24.0 Å². The summed E-state index contributed by atoms with van der Waals surface area (Å²) in [6.45, 7) is 6.26. The summed E-state index contributed by atoms with van der Waals surface area (Å²) >= 11 is 0. The number of benzene rings is 1. The average molecular weight is 529 g/mol. The summed E-state index contributed by atoms with van der Waals surface area (Å²) in [7, 11) is 3.52. The van der Waals surface area contributed by atoms with Crippen molar-refractivity contribution in [3.8, 4) is 0 Å². The Morgan fingerprint density at radius 3 is 2.47 bits per heavy atom. The molecule has 0 spiro atoms. The predicted molar refractivity (Wildman–Crippen MR) is 132 cm³/mol. The van der Waals surface area contributed by atoms with Gasteiger partial charge in [0.1, 0.15) is 6.54 Å². The molecule has 30 heavy (non-hydrogen) atoms. The number of hydrogen-bond acceptors (Lipinski definition) is 4. The monoisotopic (exact) mass is 529 g/mol. The van der Waals surface area contributed by atoms with Crippen LogP contribution in [0, 0.1) is 0 Å². The number of hydrogen-bond donors (Lipinski definition) is 2. The first kappa shape index (κ1) is 24.9. The Kier molecular flexibility index (Phi) is 10.3. The van der Waals surface area contributed by atoms with E-state index in [1.165, 1.54) is 24.8 Å². The topological polar surface area (TPSA) is 69.2 Å². The van der Waals surface area contributed by atoms with E-state index in [1.807, 2.05) is 0 Å². The number of guanidine groups is 1. The molecule has 7 nitrogen and oxygen atoms in total. The first-order valence-electron chi connectivity index (χ1n) is 10.7. The van der Waals surface area contributed by atoms with Gasteiger partial charge in [-0.1, -0.05) is 36.8 Å². The van der Waals surface area contributed by atoms with Gasteiger partial charge in [0.25, 0.3) is 0 Å². The molecule has 2 fully saturated rings. The Hall–Kier alpha value is -1.39. The Labute approximate surface area is 197 Å². The molecule has 0 aromatic heterocycles. The first-order valence-corrected chi connectivity index (χ1v) is 10.7. The number of nitrogens with zero attached hydrogens (tertiary/aromatic N) is 3. The zero-order valence-electron chi connectivity index (χ0n) is 18.2. The van der Waals surface area contributed by atoms with E-state index < -0.39 is 0 Å². The number of halogens is 1. The predicted octanol–water partition coefficient (Wildman–Crippen LogP) is 1.68. The van der Waals surface area contributed by atoms with Gasteiger partial charge in [0.15, 0.2) is 5.96 Å². The van der Waals surface area contributed by atoms with Gasteiger partial charge < -0.3 is 20.3 Å². The highest BCUT2D eigenvalue weighted by molar-refractivity contribution is 14.0. The molecule has 0 unspecified atom stereocenters. The second kappa shape index (κ2) is 12.5. The quantitative estimate of drug-likeness (QED) is 0.305. The molecule has 0 radical (unpaired) electrons. The van der Waals surface area contributed by atoms with Crippen molar-refractivity contribution in [1.82, 2.24) is 20.4 Å². The Balaban J connectivity index is 0.00000320.